The summed E-state index contributed by atoms with van der Waals surface area (Å²) in [6, 6.07) is 5.90. The lowest BCUT2D eigenvalue weighted by molar-refractivity contribution is 0.0724. The summed E-state index contributed by atoms with van der Waals surface area (Å²) >= 11 is 3.44. The highest BCUT2D eigenvalue weighted by Crippen LogP contribution is 2.23. The topological polar surface area (TPSA) is 33.2 Å². The number of aromatic nitrogens is 1. The van der Waals surface area contributed by atoms with Gasteiger partial charge in [-0.3, -0.25) is 9.78 Å². The van der Waals surface area contributed by atoms with Crippen molar-refractivity contribution < 1.29 is 4.79 Å². The van der Waals surface area contributed by atoms with Crippen molar-refractivity contribution in [1.82, 2.24) is 9.88 Å². The number of hydrogen-bond donors (Lipinski definition) is 0. The van der Waals surface area contributed by atoms with E-state index in [4.69, 9.17) is 0 Å². The van der Waals surface area contributed by atoms with Crippen LogP contribution in [0.5, 0.6) is 0 Å². The second kappa shape index (κ2) is 6.15. The van der Waals surface area contributed by atoms with Crippen molar-refractivity contribution in [2.75, 3.05) is 11.9 Å². The van der Waals surface area contributed by atoms with E-state index in [-0.39, 0.29) is 5.91 Å². The third-order valence-corrected chi connectivity index (χ3v) is 3.75. The van der Waals surface area contributed by atoms with Gasteiger partial charge in [0.05, 0.1) is 0 Å². The van der Waals surface area contributed by atoms with Crippen LogP contribution in [0.4, 0.5) is 0 Å². The van der Waals surface area contributed by atoms with E-state index >= 15 is 0 Å². The highest BCUT2D eigenvalue weighted by atomic mass is 79.9. The molecule has 3 nitrogen and oxygen atoms in total. The smallest absolute Gasteiger partial charge is 0.272 e. The summed E-state index contributed by atoms with van der Waals surface area (Å²) in [5.74, 6) is 0.0858. The number of carbonyl (C=O) groups excluding carboxylic acids is 1. The third kappa shape index (κ3) is 3.06. The molecule has 1 aromatic rings. The van der Waals surface area contributed by atoms with Crippen LogP contribution in [0.15, 0.2) is 24.4 Å². The number of carbonyl (C=O) groups is 1. The van der Waals surface area contributed by atoms with Crippen molar-refractivity contribution in [3.63, 3.8) is 0 Å². The molecule has 0 spiro atoms. The number of amides is 1. The van der Waals surface area contributed by atoms with Gasteiger partial charge in [0, 0.05) is 24.1 Å². The van der Waals surface area contributed by atoms with Crippen LogP contribution in [0.3, 0.4) is 0 Å². The molecule has 1 atom stereocenters. The normalized spacial score (nSPS) is 19.6. The SMILES string of the molecule is O=C(c1ccccn1)N1CCCC1CCCBr. The van der Waals surface area contributed by atoms with E-state index in [1.807, 2.05) is 17.0 Å². The molecule has 17 heavy (non-hydrogen) atoms. The molecule has 1 saturated heterocycles. The lowest BCUT2D eigenvalue weighted by Crippen LogP contribution is -2.36. The molecule has 1 aromatic heterocycles. The zero-order chi connectivity index (χ0) is 12.1. The van der Waals surface area contributed by atoms with E-state index < -0.39 is 0 Å². The Hall–Kier alpha value is -0.900. The zero-order valence-corrected chi connectivity index (χ0v) is 11.4. The van der Waals surface area contributed by atoms with Gasteiger partial charge < -0.3 is 4.90 Å². The van der Waals surface area contributed by atoms with Gasteiger partial charge >= 0.3 is 0 Å². The Bertz CT molecular complexity index is 369. The van der Waals surface area contributed by atoms with Gasteiger partial charge in [-0.1, -0.05) is 22.0 Å². The van der Waals surface area contributed by atoms with Crippen molar-refractivity contribution in [3.05, 3.63) is 30.1 Å². The van der Waals surface area contributed by atoms with Crippen LogP contribution in [0.2, 0.25) is 0 Å². The number of pyridine rings is 1. The molecule has 92 valence electrons. The highest BCUT2D eigenvalue weighted by Gasteiger charge is 2.29. The number of alkyl halides is 1. The molecule has 0 aliphatic carbocycles. The lowest BCUT2D eigenvalue weighted by atomic mass is 10.1. The van der Waals surface area contributed by atoms with Crippen LogP contribution in [-0.4, -0.2) is 33.7 Å². The second-order valence-corrected chi connectivity index (χ2v) is 5.13. The largest absolute Gasteiger partial charge is 0.334 e. The van der Waals surface area contributed by atoms with Gasteiger partial charge in [-0.05, 0) is 37.8 Å². The van der Waals surface area contributed by atoms with Crippen molar-refractivity contribution in [2.24, 2.45) is 0 Å². The zero-order valence-electron chi connectivity index (χ0n) is 9.81. The molecule has 1 aliphatic rings. The molecule has 1 fully saturated rings. The molecule has 2 rings (SSSR count). The number of halogens is 1. The molecule has 1 unspecified atom stereocenters. The summed E-state index contributed by atoms with van der Waals surface area (Å²) < 4.78 is 0. The van der Waals surface area contributed by atoms with Gasteiger partial charge in [-0.15, -0.1) is 0 Å². The summed E-state index contributed by atoms with van der Waals surface area (Å²) in [6.45, 7) is 0.877. The van der Waals surface area contributed by atoms with Crippen LogP contribution < -0.4 is 0 Å². The average Bonchev–Trinajstić information content (AvgIpc) is 2.84. The maximum absolute atomic E-state index is 12.3. The minimum absolute atomic E-state index is 0.0858. The van der Waals surface area contributed by atoms with E-state index in [1.165, 1.54) is 0 Å². The van der Waals surface area contributed by atoms with E-state index in [0.717, 1.165) is 37.6 Å². The summed E-state index contributed by atoms with van der Waals surface area (Å²) in [5.41, 5.74) is 0.568. The minimum Gasteiger partial charge on any atom is -0.334 e. The maximum atomic E-state index is 12.3. The quantitative estimate of drug-likeness (QED) is 0.801. The predicted molar refractivity (Wildman–Crippen MR) is 71.3 cm³/mol. The fourth-order valence-electron chi connectivity index (χ4n) is 2.35. The molecule has 2 heterocycles. The van der Waals surface area contributed by atoms with Gasteiger partial charge in [0.1, 0.15) is 5.69 Å². The first-order valence-corrected chi connectivity index (χ1v) is 7.23. The fourth-order valence-corrected chi connectivity index (χ4v) is 2.68. The number of hydrogen-bond acceptors (Lipinski definition) is 2. The van der Waals surface area contributed by atoms with Gasteiger partial charge in [0.2, 0.25) is 0 Å². The molecule has 0 bridgehead atoms. The third-order valence-electron chi connectivity index (χ3n) is 3.19. The molecular weight excluding hydrogens is 280 g/mol. The molecule has 0 N–H and O–H groups in total. The Balaban J connectivity index is 2.03. The Morgan fingerprint density at radius 2 is 2.41 bits per heavy atom. The Morgan fingerprint density at radius 1 is 1.53 bits per heavy atom. The molecule has 0 saturated carbocycles. The van der Waals surface area contributed by atoms with Crippen molar-refractivity contribution in [1.29, 1.82) is 0 Å². The Kier molecular flexibility index (Phi) is 4.54. The number of likely N-dealkylation sites (tertiary alicyclic amines) is 1. The second-order valence-electron chi connectivity index (χ2n) is 4.34. The van der Waals surface area contributed by atoms with Gasteiger partial charge in [-0.2, -0.15) is 0 Å². The molecular formula is C13H17BrN2O. The molecule has 4 heteroatoms. The molecule has 1 amide bonds. The maximum Gasteiger partial charge on any atom is 0.272 e. The van der Waals surface area contributed by atoms with Crippen molar-refractivity contribution in [2.45, 2.75) is 31.7 Å². The van der Waals surface area contributed by atoms with Gasteiger partial charge in [0.25, 0.3) is 5.91 Å². The number of rotatable bonds is 4. The first-order chi connectivity index (χ1) is 8.33. The van der Waals surface area contributed by atoms with Crippen LogP contribution in [0.25, 0.3) is 0 Å². The van der Waals surface area contributed by atoms with Gasteiger partial charge in [-0.25, -0.2) is 0 Å². The average molecular weight is 297 g/mol. The summed E-state index contributed by atoms with van der Waals surface area (Å²) in [6.07, 6.45) is 6.13. The van der Waals surface area contributed by atoms with Crippen LogP contribution >= 0.6 is 15.9 Å². The van der Waals surface area contributed by atoms with E-state index in [9.17, 15) is 4.79 Å². The van der Waals surface area contributed by atoms with E-state index in [1.54, 1.807) is 12.3 Å². The standard InChI is InChI=1S/C13H17BrN2O/c14-8-3-5-11-6-4-10-16(11)13(17)12-7-1-2-9-15-12/h1-2,7,9,11H,3-6,8,10H2. The number of nitrogens with zero attached hydrogens (tertiary/aromatic N) is 2. The predicted octanol–water partition coefficient (Wildman–Crippen LogP) is 2.86. The highest BCUT2D eigenvalue weighted by molar-refractivity contribution is 9.09. The lowest BCUT2D eigenvalue weighted by Gasteiger charge is -2.24. The van der Waals surface area contributed by atoms with Crippen LogP contribution in [0, 0.1) is 0 Å². The fraction of sp³-hybridized carbons (Fsp3) is 0.538. The summed E-state index contributed by atoms with van der Waals surface area (Å²) in [5, 5.41) is 1.01. The Labute approximate surface area is 110 Å². The van der Waals surface area contributed by atoms with Gasteiger partial charge in [0.15, 0.2) is 0 Å². The minimum atomic E-state index is 0.0858. The molecule has 0 radical (unpaired) electrons. The summed E-state index contributed by atoms with van der Waals surface area (Å²) in [4.78, 5) is 18.4. The van der Waals surface area contributed by atoms with E-state index in [2.05, 4.69) is 20.9 Å². The molecule has 1 aliphatic heterocycles. The van der Waals surface area contributed by atoms with E-state index in [0.29, 0.717) is 11.7 Å². The first-order valence-electron chi connectivity index (χ1n) is 6.11. The summed E-state index contributed by atoms with van der Waals surface area (Å²) in [7, 11) is 0. The molecule has 0 aromatic carbocycles. The van der Waals surface area contributed by atoms with Crippen LogP contribution in [-0.2, 0) is 0 Å². The van der Waals surface area contributed by atoms with Crippen molar-refractivity contribution >= 4 is 21.8 Å². The van der Waals surface area contributed by atoms with Crippen LogP contribution in [0.1, 0.15) is 36.2 Å². The first kappa shape index (κ1) is 12.6. The Morgan fingerprint density at radius 3 is 3.12 bits per heavy atom. The monoisotopic (exact) mass is 296 g/mol. The van der Waals surface area contributed by atoms with Crippen molar-refractivity contribution in [3.8, 4) is 0 Å².